The van der Waals surface area contributed by atoms with Crippen molar-refractivity contribution in [1.29, 1.82) is 0 Å². The number of ketones is 2. The monoisotopic (exact) mass is 377 g/mol. The Morgan fingerprint density at radius 1 is 1.15 bits per heavy atom. The zero-order valence-corrected chi connectivity index (χ0v) is 16.4. The fourth-order valence-corrected chi connectivity index (χ4v) is 4.97. The van der Waals surface area contributed by atoms with Crippen LogP contribution in [-0.4, -0.2) is 42.5 Å². The molecule has 1 spiro atoms. The first-order chi connectivity index (χ1) is 13.0. The van der Waals surface area contributed by atoms with Gasteiger partial charge in [0.05, 0.1) is 18.4 Å². The molecule has 2 aliphatic heterocycles. The van der Waals surface area contributed by atoms with E-state index < -0.39 is 17.7 Å². The number of Topliss-reactive ketones (excluding diaryl/α,β-unsaturated/α-hetero) is 2. The first-order valence-electron chi connectivity index (χ1n) is 10.2. The van der Waals surface area contributed by atoms with Crippen LogP contribution in [0.15, 0.2) is 12.2 Å². The van der Waals surface area contributed by atoms with Gasteiger partial charge in [0.1, 0.15) is 17.7 Å². The van der Waals surface area contributed by atoms with Gasteiger partial charge < -0.3 is 14.8 Å². The molecule has 0 radical (unpaired) electrons. The number of ether oxygens (including phenoxy) is 2. The summed E-state index contributed by atoms with van der Waals surface area (Å²) in [5.74, 6) is -0.399. The maximum absolute atomic E-state index is 13.3. The SMILES string of the molecule is CO[C@@H]1CC(=O)N[C@@]12O[C@@H](C)C[C@@H]1CC/C=C/CCCC(=O)CCC(=O)[C@H]12. The number of amides is 1. The van der Waals surface area contributed by atoms with Crippen molar-refractivity contribution in [3.05, 3.63) is 12.2 Å². The molecule has 5 atom stereocenters. The zero-order chi connectivity index (χ0) is 19.4. The summed E-state index contributed by atoms with van der Waals surface area (Å²) in [7, 11) is 1.56. The maximum Gasteiger partial charge on any atom is 0.225 e. The van der Waals surface area contributed by atoms with E-state index in [1.807, 2.05) is 6.92 Å². The Bertz CT molecular complexity index is 616. The van der Waals surface area contributed by atoms with Crippen molar-refractivity contribution in [2.45, 2.75) is 82.6 Å². The number of fused-ring (bicyclic) bond motifs is 2. The molecule has 6 heteroatoms. The highest BCUT2D eigenvalue weighted by atomic mass is 16.6. The molecule has 0 bridgehead atoms. The molecule has 2 fully saturated rings. The minimum Gasteiger partial charge on any atom is -0.376 e. The van der Waals surface area contributed by atoms with Gasteiger partial charge in [-0.15, -0.1) is 0 Å². The normalized spacial score (nSPS) is 39.9. The van der Waals surface area contributed by atoms with Crippen LogP contribution in [0.5, 0.6) is 0 Å². The fraction of sp³-hybridized carbons (Fsp3) is 0.762. The predicted molar refractivity (Wildman–Crippen MR) is 99.9 cm³/mol. The Labute approximate surface area is 161 Å². The molecule has 0 aromatic heterocycles. The average molecular weight is 377 g/mol. The van der Waals surface area contributed by atoms with E-state index in [0.29, 0.717) is 6.42 Å². The van der Waals surface area contributed by atoms with Crippen LogP contribution in [0.3, 0.4) is 0 Å². The maximum atomic E-state index is 13.3. The topological polar surface area (TPSA) is 81.7 Å². The van der Waals surface area contributed by atoms with E-state index in [2.05, 4.69) is 17.5 Å². The molecule has 2 heterocycles. The summed E-state index contributed by atoms with van der Waals surface area (Å²) < 4.78 is 11.8. The van der Waals surface area contributed by atoms with Gasteiger partial charge in [0.15, 0.2) is 5.72 Å². The summed E-state index contributed by atoms with van der Waals surface area (Å²) in [5.41, 5.74) is -1.11. The van der Waals surface area contributed by atoms with E-state index >= 15 is 0 Å². The molecule has 0 saturated carbocycles. The van der Waals surface area contributed by atoms with Crippen LogP contribution >= 0.6 is 0 Å². The number of nitrogens with one attached hydrogen (secondary N) is 1. The first-order valence-corrected chi connectivity index (χ1v) is 10.2. The van der Waals surface area contributed by atoms with Crippen LogP contribution in [0.4, 0.5) is 0 Å². The molecule has 0 aromatic rings. The zero-order valence-electron chi connectivity index (χ0n) is 16.4. The van der Waals surface area contributed by atoms with Gasteiger partial charge in [0, 0.05) is 26.4 Å². The molecule has 3 rings (SSSR count). The third-order valence-corrected chi connectivity index (χ3v) is 6.13. The number of hydrogen-bond donors (Lipinski definition) is 1. The van der Waals surface area contributed by atoms with Crippen LogP contribution in [0.2, 0.25) is 0 Å². The van der Waals surface area contributed by atoms with E-state index in [4.69, 9.17) is 9.47 Å². The number of methoxy groups -OCH3 is 1. The summed E-state index contributed by atoms with van der Waals surface area (Å²) in [6.45, 7) is 1.99. The molecule has 1 amide bonds. The molecule has 150 valence electrons. The lowest BCUT2D eigenvalue weighted by molar-refractivity contribution is -0.227. The van der Waals surface area contributed by atoms with Gasteiger partial charge in [-0.05, 0) is 44.9 Å². The van der Waals surface area contributed by atoms with Gasteiger partial charge in [-0.3, -0.25) is 14.4 Å². The van der Waals surface area contributed by atoms with Crippen molar-refractivity contribution < 1.29 is 23.9 Å². The number of allylic oxidation sites excluding steroid dienone is 2. The van der Waals surface area contributed by atoms with Gasteiger partial charge in [-0.1, -0.05) is 12.2 Å². The van der Waals surface area contributed by atoms with Crippen LogP contribution in [-0.2, 0) is 23.9 Å². The molecule has 0 unspecified atom stereocenters. The number of carbonyl (C=O) groups is 3. The lowest BCUT2D eigenvalue weighted by Gasteiger charge is -2.49. The van der Waals surface area contributed by atoms with Gasteiger partial charge in [-0.2, -0.15) is 0 Å². The lowest BCUT2D eigenvalue weighted by Crippen LogP contribution is -2.65. The molecular formula is C21H31NO5. The van der Waals surface area contributed by atoms with Gasteiger partial charge in [0.25, 0.3) is 0 Å². The van der Waals surface area contributed by atoms with E-state index in [1.54, 1.807) is 7.11 Å². The van der Waals surface area contributed by atoms with Crippen LogP contribution in [0.1, 0.15) is 64.7 Å². The summed E-state index contributed by atoms with van der Waals surface area (Å²) in [6, 6.07) is 0. The van der Waals surface area contributed by atoms with E-state index in [-0.39, 0.29) is 48.8 Å². The molecule has 27 heavy (non-hydrogen) atoms. The van der Waals surface area contributed by atoms with Gasteiger partial charge in [0.2, 0.25) is 5.91 Å². The predicted octanol–water partition coefficient (Wildman–Crippen LogP) is 2.70. The minimum absolute atomic E-state index is 0.00715. The standard InChI is InChI=1S/C21H31NO5/c1-14-12-15-8-6-4-3-5-7-9-16(23)10-11-17(24)20(15)21(27-14)18(26-2)13-19(25)22-21/h3-4,14-15,18,20H,5-13H2,1-2H3,(H,22,25)/b4-3+/t14-,15-,18+,20-,21+/m0/s1. The van der Waals surface area contributed by atoms with Gasteiger partial charge in [-0.25, -0.2) is 0 Å². The van der Waals surface area contributed by atoms with Crippen LogP contribution < -0.4 is 5.32 Å². The summed E-state index contributed by atoms with van der Waals surface area (Å²) in [5, 5.41) is 2.96. The Morgan fingerprint density at radius 3 is 2.70 bits per heavy atom. The van der Waals surface area contributed by atoms with Crippen molar-refractivity contribution in [2.24, 2.45) is 11.8 Å². The molecule has 1 aliphatic carbocycles. The lowest BCUT2D eigenvalue weighted by atomic mass is 9.71. The Morgan fingerprint density at radius 2 is 1.93 bits per heavy atom. The highest BCUT2D eigenvalue weighted by Gasteiger charge is 2.60. The fourth-order valence-electron chi connectivity index (χ4n) is 4.97. The Hall–Kier alpha value is -1.53. The van der Waals surface area contributed by atoms with E-state index in [0.717, 1.165) is 32.1 Å². The minimum atomic E-state index is -1.11. The third kappa shape index (κ3) is 4.32. The second kappa shape index (κ2) is 8.65. The summed E-state index contributed by atoms with van der Waals surface area (Å²) in [6.07, 6.45) is 9.16. The van der Waals surface area contributed by atoms with Crippen molar-refractivity contribution in [3.8, 4) is 0 Å². The Balaban J connectivity index is 1.93. The highest BCUT2D eigenvalue weighted by Crippen LogP contribution is 2.46. The number of rotatable bonds is 1. The average Bonchev–Trinajstić information content (AvgIpc) is 2.93. The molecule has 2 saturated heterocycles. The van der Waals surface area contributed by atoms with E-state index in [9.17, 15) is 14.4 Å². The highest BCUT2D eigenvalue weighted by molar-refractivity contribution is 5.90. The quantitative estimate of drug-likeness (QED) is 0.711. The van der Waals surface area contributed by atoms with Gasteiger partial charge >= 0.3 is 0 Å². The van der Waals surface area contributed by atoms with Crippen molar-refractivity contribution in [2.75, 3.05) is 7.11 Å². The smallest absolute Gasteiger partial charge is 0.225 e. The number of carbonyl (C=O) groups excluding carboxylic acids is 3. The summed E-state index contributed by atoms with van der Waals surface area (Å²) in [4.78, 5) is 37.6. The van der Waals surface area contributed by atoms with E-state index in [1.165, 1.54) is 0 Å². The molecule has 1 N–H and O–H groups in total. The molecular weight excluding hydrogens is 346 g/mol. The second-order valence-corrected chi connectivity index (χ2v) is 8.12. The molecule has 6 nitrogen and oxygen atoms in total. The van der Waals surface area contributed by atoms with Crippen LogP contribution in [0.25, 0.3) is 0 Å². The number of hydrogen-bond acceptors (Lipinski definition) is 5. The molecule has 0 aromatic carbocycles. The van der Waals surface area contributed by atoms with Crippen molar-refractivity contribution in [3.63, 3.8) is 0 Å². The second-order valence-electron chi connectivity index (χ2n) is 8.12. The third-order valence-electron chi connectivity index (χ3n) is 6.13. The largest absolute Gasteiger partial charge is 0.376 e. The van der Waals surface area contributed by atoms with Crippen LogP contribution in [0, 0.1) is 11.8 Å². The van der Waals surface area contributed by atoms with Crippen molar-refractivity contribution in [1.82, 2.24) is 5.32 Å². The first kappa shape index (κ1) is 20.2. The molecule has 3 aliphatic rings. The summed E-state index contributed by atoms with van der Waals surface area (Å²) >= 11 is 0. The Kier molecular flexibility index (Phi) is 6.48. The van der Waals surface area contributed by atoms with Crippen molar-refractivity contribution >= 4 is 17.5 Å².